The lowest BCUT2D eigenvalue weighted by Gasteiger charge is -2.61. The van der Waals surface area contributed by atoms with Gasteiger partial charge < -0.3 is 9.53 Å². The smallest absolute Gasteiger partial charge is 0.302 e. The van der Waals surface area contributed by atoms with Crippen LogP contribution in [-0.2, 0) is 14.3 Å². The fourth-order valence-electron chi connectivity index (χ4n) is 9.17. The first kappa shape index (κ1) is 22.3. The first-order chi connectivity index (χ1) is 14.1. The first-order valence-corrected chi connectivity index (χ1v) is 12.8. The van der Waals surface area contributed by atoms with Crippen LogP contribution in [0, 0.1) is 46.3 Å². The summed E-state index contributed by atoms with van der Waals surface area (Å²) in [5, 5.41) is 0. The van der Waals surface area contributed by atoms with Gasteiger partial charge in [-0.15, -0.1) is 0 Å². The number of ether oxygens (including phenoxy) is 1. The molecule has 0 heterocycles. The maximum absolute atomic E-state index is 11.5. The Balaban J connectivity index is 1.47. The molecule has 0 spiro atoms. The molecule has 30 heavy (non-hydrogen) atoms. The van der Waals surface area contributed by atoms with E-state index in [1.54, 1.807) is 13.8 Å². The van der Waals surface area contributed by atoms with Gasteiger partial charge in [0.25, 0.3) is 0 Å². The van der Waals surface area contributed by atoms with E-state index in [1.807, 2.05) is 0 Å². The third kappa shape index (κ3) is 3.77. The van der Waals surface area contributed by atoms with Gasteiger partial charge in [0.15, 0.2) is 0 Å². The Kier molecular flexibility index (Phi) is 6.14. The largest absolute Gasteiger partial charge is 0.463 e. The molecule has 3 nitrogen and oxygen atoms in total. The minimum atomic E-state index is -0.110. The van der Waals surface area contributed by atoms with Crippen LogP contribution in [0.1, 0.15) is 105 Å². The third-order valence-electron chi connectivity index (χ3n) is 10.7. The van der Waals surface area contributed by atoms with Crippen LogP contribution in [0.2, 0.25) is 0 Å². The monoisotopic (exact) mass is 416 g/mol. The average Bonchev–Trinajstić information content (AvgIpc) is 3.03. The van der Waals surface area contributed by atoms with Crippen molar-refractivity contribution >= 4 is 11.8 Å². The van der Waals surface area contributed by atoms with Crippen molar-refractivity contribution in [3.8, 4) is 0 Å². The van der Waals surface area contributed by atoms with Gasteiger partial charge in [0.2, 0.25) is 0 Å². The highest BCUT2D eigenvalue weighted by Crippen LogP contribution is 2.68. The fourth-order valence-corrected chi connectivity index (χ4v) is 9.17. The number of fused-ring (bicyclic) bond motifs is 5. The van der Waals surface area contributed by atoms with Crippen LogP contribution in [0.25, 0.3) is 0 Å². The quantitative estimate of drug-likeness (QED) is 0.475. The maximum Gasteiger partial charge on any atom is 0.302 e. The molecule has 3 unspecified atom stereocenters. The molecule has 4 aliphatic carbocycles. The van der Waals surface area contributed by atoms with Crippen molar-refractivity contribution in [2.24, 2.45) is 46.3 Å². The molecule has 0 amide bonds. The van der Waals surface area contributed by atoms with Crippen LogP contribution in [0.5, 0.6) is 0 Å². The molecule has 0 radical (unpaired) electrons. The Labute approximate surface area is 184 Å². The Hall–Kier alpha value is -0.860. The van der Waals surface area contributed by atoms with Crippen LogP contribution < -0.4 is 0 Å². The van der Waals surface area contributed by atoms with Crippen LogP contribution in [0.4, 0.5) is 0 Å². The van der Waals surface area contributed by atoms with E-state index in [4.69, 9.17) is 4.74 Å². The van der Waals surface area contributed by atoms with Crippen LogP contribution in [-0.4, -0.2) is 17.9 Å². The lowest BCUT2D eigenvalue weighted by Crippen LogP contribution is -2.54. The van der Waals surface area contributed by atoms with E-state index in [0.29, 0.717) is 22.5 Å². The van der Waals surface area contributed by atoms with Gasteiger partial charge in [-0.25, -0.2) is 0 Å². The summed E-state index contributed by atoms with van der Waals surface area (Å²) in [5.41, 5.74) is 0.925. The van der Waals surface area contributed by atoms with E-state index in [1.165, 1.54) is 44.9 Å². The number of hydrogen-bond acceptors (Lipinski definition) is 3. The van der Waals surface area contributed by atoms with E-state index in [0.717, 1.165) is 55.3 Å². The molecule has 0 N–H and O–H groups in total. The number of hydrogen-bond donors (Lipinski definition) is 0. The third-order valence-corrected chi connectivity index (χ3v) is 10.7. The zero-order chi connectivity index (χ0) is 21.7. The maximum atomic E-state index is 11.5. The molecule has 4 rings (SSSR count). The molecule has 0 bridgehead atoms. The molecule has 0 aliphatic heterocycles. The van der Waals surface area contributed by atoms with Gasteiger partial charge in [-0.05, 0) is 117 Å². The number of Topliss-reactive ketones (excluding diaryl/α,β-unsaturated/α-hetero) is 1. The van der Waals surface area contributed by atoms with Gasteiger partial charge >= 0.3 is 5.97 Å². The summed E-state index contributed by atoms with van der Waals surface area (Å²) >= 11 is 0. The second-order valence-electron chi connectivity index (χ2n) is 12.1. The first-order valence-electron chi connectivity index (χ1n) is 12.8. The lowest BCUT2D eigenvalue weighted by molar-refractivity contribution is -0.160. The molecular weight excluding hydrogens is 372 g/mol. The number of esters is 1. The molecule has 0 aromatic carbocycles. The normalized spacial score (nSPS) is 46.3. The van der Waals surface area contributed by atoms with Crippen molar-refractivity contribution in [1.29, 1.82) is 0 Å². The molecule has 4 aliphatic rings. The summed E-state index contributed by atoms with van der Waals surface area (Å²) < 4.78 is 5.62. The van der Waals surface area contributed by atoms with E-state index in [9.17, 15) is 9.59 Å². The second-order valence-corrected chi connectivity index (χ2v) is 12.1. The Morgan fingerprint density at radius 1 is 0.933 bits per heavy atom. The summed E-state index contributed by atoms with van der Waals surface area (Å²) in [7, 11) is 0. The molecule has 0 aromatic rings. The van der Waals surface area contributed by atoms with Crippen molar-refractivity contribution in [2.45, 2.75) is 111 Å². The molecule has 0 saturated heterocycles. The summed E-state index contributed by atoms with van der Waals surface area (Å²) in [5.74, 6) is 5.07. The van der Waals surface area contributed by atoms with Crippen molar-refractivity contribution in [3.05, 3.63) is 0 Å². The van der Waals surface area contributed by atoms with Crippen molar-refractivity contribution in [1.82, 2.24) is 0 Å². The van der Waals surface area contributed by atoms with Crippen molar-refractivity contribution in [3.63, 3.8) is 0 Å². The van der Waals surface area contributed by atoms with E-state index < -0.39 is 0 Å². The summed E-state index contributed by atoms with van der Waals surface area (Å²) in [6.07, 6.45) is 13.6. The van der Waals surface area contributed by atoms with Crippen LogP contribution in [0.3, 0.4) is 0 Å². The number of ketones is 1. The number of carbonyl (C=O) groups excluding carboxylic acids is 2. The molecule has 0 aromatic heterocycles. The average molecular weight is 417 g/mol. The predicted octanol–water partition coefficient (Wildman–Crippen LogP) is 6.58. The summed E-state index contributed by atoms with van der Waals surface area (Å²) in [4.78, 5) is 23.0. The zero-order valence-electron chi connectivity index (χ0n) is 20.0. The van der Waals surface area contributed by atoms with Gasteiger partial charge in [-0.3, -0.25) is 4.79 Å². The molecule has 4 fully saturated rings. The summed E-state index contributed by atoms with van der Waals surface area (Å²) in [6, 6.07) is 0. The molecular formula is C27H44O3. The Morgan fingerprint density at radius 2 is 1.63 bits per heavy atom. The second kappa shape index (κ2) is 8.24. The highest BCUT2D eigenvalue weighted by molar-refractivity contribution is 5.75. The van der Waals surface area contributed by atoms with Gasteiger partial charge in [0, 0.05) is 13.3 Å². The minimum Gasteiger partial charge on any atom is -0.463 e. The van der Waals surface area contributed by atoms with Crippen LogP contribution >= 0.6 is 0 Å². The number of rotatable bonds is 5. The number of carbonyl (C=O) groups is 2. The molecule has 170 valence electrons. The Bertz CT molecular complexity index is 671. The van der Waals surface area contributed by atoms with E-state index >= 15 is 0 Å². The van der Waals surface area contributed by atoms with Crippen molar-refractivity contribution < 1.29 is 14.3 Å². The zero-order valence-corrected chi connectivity index (χ0v) is 20.0. The molecule has 9 atom stereocenters. The molecule has 3 heteroatoms. The van der Waals surface area contributed by atoms with E-state index in [2.05, 4.69) is 20.8 Å². The standard InChI is InChI=1S/C27H44O3/c1-17(6-7-18(2)28)23-10-11-24-22-9-8-20-16-21(30-19(3)29)12-14-26(20,4)25(22)13-15-27(23,24)5/h17,20-25H,6-16H2,1-5H3/t17-,20-,21-,22?,23?,24+,25?,26+,27-/m1/s1. The van der Waals surface area contributed by atoms with Gasteiger partial charge in [0.1, 0.15) is 11.9 Å². The minimum absolute atomic E-state index is 0.110. The highest BCUT2D eigenvalue weighted by Gasteiger charge is 2.60. The van der Waals surface area contributed by atoms with Crippen molar-refractivity contribution in [2.75, 3.05) is 0 Å². The van der Waals surface area contributed by atoms with Gasteiger partial charge in [0.05, 0.1) is 0 Å². The van der Waals surface area contributed by atoms with Gasteiger partial charge in [-0.2, -0.15) is 0 Å². The van der Waals surface area contributed by atoms with Crippen LogP contribution in [0.15, 0.2) is 0 Å². The summed E-state index contributed by atoms with van der Waals surface area (Å²) in [6.45, 7) is 10.9. The van der Waals surface area contributed by atoms with Gasteiger partial charge in [-0.1, -0.05) is 20.8 Å². The predicted molar refractivity (Wildman–Crippen MR) is 120 cm³/mol. The SMILES string of the molecule is CC(=O)CC[C@@H](C)C1CC[C@H]2C3CC[C@@H]4C[C@H](OC(C)=O)CC[C@]4(C)C3CC[C@]12C. The lowest BCUT2D eigenvalue weighted by atomic mass is 9.44. The topological polar surface area (TPSA) is 43.4 Å². The highest BCUT2D eigenvalue weighted by atomic mass is 16.5. The fraction of sp³-hybridized carbons (Fsp3) is 0.926. The van der Waals surface area contributed by atoms with E-state index in [-0.39, 0.29) is 12.1 Å². The Morgan fingerprint density at radius 3 is 2.33 bits per heavy atom. The molecule has 4 saturated carbocycles.